The summed E-state index contributed by atoms with van der Waals surface area (Å²) in [6.45, 7) is 2.85. The number of carboxylic acid groups (broad SMARTS) is 1. The second kappa shape index (κ2) is 6.14. The molecule has 20 heavy (non-hydrogen) atoms. The Labute approximate surface area is 116 Å². The normalized spacial score (nSPS) is 10.8. The smallest absolute Gasteiger partial charge is 0.328 e. The maximum absolute atomic E-state index is 11.8. The lowest BCUT2D eigenvalue weighted by Gasteiger charge is -2.20. The average molecular weight is 279 g/mol. The highest BCUT2D eigenvalue weighted by Gasteiger charge is 2.31. The molecule has 0 unspecified atom stereocenters. The van der Waals surface area contributed by atoms with E-state index in [4.69, 9.17) is 5.11 Å². The van der Waals surface area contributed by atoms with Gasteiger partial charge in [-0.2, -0.15) is 0 Å². The third kappa shape index (κ3) is 4.04. The van der Waals surface area contributed by atoms with Gasteiger partial charge in [-0.3, -0.25) is 24.8 Å². The summed E-state index contributed by atoms with van der Waals surface area (Å²) < 4.78 is 0. The summed E-state index contributed by atoms with van der Waals surface area (Å²) in [5, 5.41) is 11.1. The first-order chi connectivity index (χ1) is 9.24. The molecule has 0 radical (unpaired) electrons. The number of hydrogen-bond acceptors (Lipinski definition) is 4. The molecule has 0 fully saturated rings. The maximum Gasteiger partial charge on any atom is 0.328 e. The maximum atomic E-state index is 11.8. The van der Waals surface area contributed by atoms with Crippen LogP contribution in [0.3, 0.4) is 0 Å². The van der Waals surface area contributed by atoms with Crippen LogP contribution in [-0.4, -0.2) is 35.0 Å². The Kier molecular flexibility index (Phi) is 4.79. The van der Waals surface area contributed by atoms with Gasteiger partial charge in [-0.05, 0) is 26.0 Å². The largest absolute Gasteiger partial charge is 0.481 e. The van der Waals surface area contributed by atoms with Gasteiger partial charge < -0.3 is 5.11 Å². The number of anilines is 1. The number of carboxylic acids is 1. The fourth-order valence-corrected chi connectivity index (χ4v) is 1.41. The van der Waals surface area contributed by atoms with Crippen LogP contribution in [0.5, 0.6) is 0 Å². The van der Waals surface area contributed by atoms with Gasteiger partial charge in [-0.25, -0.2) is 4.79 Å². The topological polar surface area (TPSA) is 99.6 Å². The van der Waals surface area contributed by atoms with Crippen LogP contribution in [-0.2, 0) is 9.59 Å². The average Bonchev–Trinajstić information content (AvgIpc) is 2.37. The minimum absolute atomic E-state index is 0.280. The Bertz CT molecular complexity index is 514. The first kappa shape index (κ1) is 15.6. The predicted octanol–water partition coefficient (Wildman–Crippen LogP) is 1.25. The highest BCUT2D eigenvalue weighted by molar-refractivity contribution is 6.03. The van der Waals surface area contributed by atoms with Crippen molar-refractivity contribution in [2.24, 2.45) is 5.41 Å². The minimum atomic E-state index is -1.22. The van der Waals surface area contributed by atoms with E-state index < -0.39 is 23.3 Å². The van der Waals surface area contributed by atoms with Crippen LogP contribution >= 0.6 is 0 Å². The van der Waals surface area contributed by atoms with Gasteiger partial charge in [0.1, 0.15) is 0 Å². The zero-order valence-electron chi connectivity index (χ0n) is 11.6. The van der Waals surface area contributed by atoms with Gasteiger partial charge in [0.15, 0.2) is 0 Å². The number of rotatable bonds is 4. The SMILES string of the molecule is CN(C(=O)NC(=O)CC(C)(C)C(=O)O)c1ccncc1. The fourth-order valence-electron chi connectivity index (χ4n) is 1.41. The molecule has 1 aromatic rings. The van der Waals surface area contributed by atoms with E-state index in [0.29, 0.717) is 5.69 Å². The molecule has 2 N–H and O–H groups in total. The van der Waals surface area contributed by atoms with Gasteiger partial charge in [0.25, 0.3) is 0 Å². The van der Waals surface area contributed by atoms with Crippen molar-refractivity contribution in [1.29, 1.82) is 0 Å². The van der Waals surface area contributed by atoms with Crippen molar-refractivity contribution in [2.45, 2.75) is 20.3 Å². The number of carbonyl (C=O) groups is 3. The summed E-state index contributed by atoms with van der Waals surface area (Å²) >= 11 is 0. The van der Waals surface area contributed by atoms with Crippen molar-refractivity contribution >= 4 is 23.6 Å². The van der Waals surface area contributed by atoms with Gasteiger partial charge in [0.05, 0.1) is 5.41 Å². The summed E-state index contributed by atoms with van der Waals surface area (Å²) in [6.07, 6.45) is 2.77. The van der Waals surface area contributed by atoms with Crippen molar-refractivity contribution in [3.8, 4) is 0 Å². The Hall–Kier alpha value is -2.44. The molecule has 7 nitrogen and oxygen atoms in total. The third-order valence-corrected chi connectivity index (χ3v) is 2.78. The predicted molar refractivity (Wildman–Crippen MR) is 72.2 cm³/mol. The molecule has 1 rings (SSSR count). The highest BCUT2D eigenvalue weighted by atomic mass is 16.4. The van der Waals surface area contributed by atoms with Gasteiger partial charge in [0, 0.05) is 31.5 Å². The number of nitrogens with zero attached hydrogens (tertiary/aromatic N) is 2. The van der Waals surface area contributed by atoms with Gasteiger partial charge in [0.2, 0.25) is 5.91 Å². The van der Waals surface area contributed by atoms with E-state index in [2.05, 4.69) is 10.3 Å². The van der Waals surface area contributed by atoms with Crippen molar-refractivity contribution in [1.82, 2.24) is 10.3 Å². The Morgan fingerprint density at radius 1 is 1.30 bits per heavy atom. The number of aromatic nitrogens is 1. The van der Waals surface area contributed by atoms with Crippen LogP contribution in [0.4, 0.5) is 10.5 Å². The van der Waals surface area contributed by atoms with Crippen LogP contribution in [0, 0.1) is 5.41 Å². The molecule has 0 aliphatic rings. The van der Waals surface area contributed by atoms with Gasteiger partial charge >= 0.3 is 12.0 Å². The second-order valence-corrected chi connectivity index (χ2v) is 4.98. The number of hydrogen-bond donors (Lipinski definition) is 2. The van der Waals surface area contributed by atoms with E-state index in [1.807, 2.05) is 0 Å². The second-order valence-electron chi connectivity index (χ2n) is 4.98. The van der Waals surface area contributed by atoms with Crippen LogP contribution in [0.15, 0.2) is 24.5 Å². The molecule has 1 heterocycles. The Morgan fingerprint density at radius 2 is 1.85 bits per heavy atom. The number of nitrogens with one attached hydrogen (secondary N) is 1. The number of amides is 3. The fraction of sp³-hybridized carbons (Fsp3) is 0.385. The molecule has 0 bridgehead atoms. The highest BCUT2D eigenvalue weighted by Crippen LogP contribution is 2.20. The standard InChI is InChI=1S/C13H17N3O4/c1-13(2,11(18)19)8-10(17)15-12(20)16(3)9-4-6-14-7-5-9/h4-7H,8H2,1-3H3,(H,18,19)(H,15,17,20). The Morgan fingerprint density at radius 3 is 2.35 bits per heavy atom. The van der Waals surface area contributed by atoms with E-state index in [1.165, 1.54) is 38.2 Å². The molecule has 0 aliphatic carbocycles. The zero-order chi connectivity index (χ0) is 15.3. The number of imide groups is 1. The monoisotopic (exact) mass is 279 g/mol. The molecule has 0 atom stereocenters. The lowest BCUT2D eigenvalue weighted by atomic mass is 9.89. The van der Waals surface area contributed by atoms with Crippen LogP contribution < -0.4 is 10.2 Å². The molecular formula is C13H17N3O4. The van der Waals surface area contributed by atoms with Crippen molar-refractivity contribution in [3.63, 3.8) is 0 Å². The quantitative estimate of drug-likeness (QED) is 0.864. The first-order valence-electron chi connectivity index (χ1n) is 5.95. The molecule has 0 saturated heterocycles. The van der Waals surface area contributed by atoms with E-state index in [0.717, 1.165) is 0 Å². The molecule has 1 aromatic heterocycles. The number of pyridine rings is 1. The third-order valence-electron chi connectivity index (χ3n) is 2.78. The van der Waals surface area contributed by atoms with Gasteiger partial charge in [-0.15, -0.1) is 0 Å². The molecule has 3 amide bonds. The zero-order valence-corrected chi connectivity index (χ0v) is 11.6. The lowest BCUT2D eigenvalue weighted by molar-refractivity contribution is -0.149. The lowest BCUT2D eigenvalue weighted by Crippen LogP contribution is -2.43. The van der Waals surface area contributed by atoms with E-state index in [1.54, 1.807) is 12.1 Å². The van der Waals surface area contributed by atoms with E-state index in [9.17, 15) is 14.4 Å². The Balaban J connectivity index is 2.63. The molecule has 0 spiro atoms. The minimum Gasteiger partial charge on any atom is -0.481 e. The first-order valence-corrected chi connectivity index (χ1v) is 5.95. The molecule has 0 saturated carbocycles. The van der Waals surface area contributed by atoms with Crippen LogP contribution in [0.25, 0.3) is 0 Å². The molecule has 0 aliphatic heterocycles. The summed E-state index contributed by atoms with van der Waals surface area (Å²) in [7, 11) is 1.50. The summed E-state index contributed by atoms with van der Waals surface area (Å²) in [4.78, 5) is 39.5. The summed E-state index contributed by atoms with van der Waals surface area (Å²) in [6, 6.07) is 2.61. The summed E-state index contributed by atoms with van der Waals surface area (Å²) in [5.74, 6) is -1.73. The van der Waals surface area contributed by atoms with Crippen LogP contribution in [0.2, 0.25) is 0 Å². The van der Waals surface area contributed by atoms with Crippen molar-refractivity contribution < 1.29 is 19.5 Å². The molecule has 7 heteroatoms. The number of aliphatic carboxylic acids is 1. The number of carbonyl (C=O) groups excluding carboxylic acids is 2. The van der Waals surface area contributed by atoms with Gasteiger partial charge in [-0.1, -0.05) is 0 Å². The molecule has 108 valence electrons. The van der Waals surface area contributed by atoms with E-state index in [-0.39, 0.29) is 6.42 Å². The van der Waals surface area contributed by atoms with E-state index >= 15 is 0 Å². The summed E-state index contributed by atoms with van der Waals surface area (Å²) in [5.41, 5.74) is -0.651. The number of urea groups is 1. The van der Waals surface area contributed by atoms with Crippen molar-refractivity contribution in [3.05, 3.63) is 24.5 Å². The van der Waals surface area contributed by atoms with Crippen molar-refractivity contribution in [2.75, 3.05) is 11.9 Å². The van der Waals surface area contributed by atoms with Crippen LogP contribution in [0.1, 0.15) is 20.3 Å². The molecular weight excluding hydrogens is 262 g/mol. The molecule has 0 aromatic carbocycles.